The topological polar surface area (TPSA) is 85.4 Å². The Kier molecular flexibility index (Phi) is 9.36. The summed E-state index contributed by atoms with van der Waals surface area (Å²) in [5, 5.41) is 6.95. The Morgan fingerprint density at radius 2 is 1.97 bits per heavy atom. The Morgan fingerprint density at radius 1 is 1.28 bits per heavy atom. The lowest BCUT2D eigenvalue weighted by molar-refractivity contribution is 0.120. The van der Waals surface area contributed by atoms with Gasteiger partial charge in [0.05, 0.1) is 23.9 Å². The summed E-state index contributed by atoms with van der Waals surface area (Å²) in [5.41, 5.74) is 0.278. The van der Waals surface area contributed by atoms with E-state index in [1.54, 1.807) is 18.7 Å². The van der Waals surface area contributed by atoms with Crippen LogP contribution in [0.4, 0.5) is 19.0 Å². The highest BCUT2D eigenvalue weighted by atomic mass is 19.2. The number of hydrazone groups is 1. The van der Waals surface area contributed by atoms with Crippen LogP contribution < -0.4 is 11.2 Å². The van der Waals surface area contributed by atoms with Crippen molar-refractivity contribution in [2.75, 3.05) is 19.0 Å². The molecule has 1 heterocycles. The number of hydrogen-bond acceptors (Lipinski definition) is 6. The number of nitrogens with two attached hydrogens (primary N) is 1. The number of nitrogens with one attached hydrogen (secondary N) is 1. The third-order valence-electron chi connectivity index (χ3n) is 4.53. The molecule has 1 fully saturated rings. The molecule has 0 amide bonds. The third kappa shape index (κ3) is 7.01. The van der Waals surface area contributed by atoms with Gasteiger partial charge in [0.1, 0.15) is 23.8 Å². The van der Waals surface area contributed by atoms with E-state index in [1.165, 1.54) is 45.3 Å². The van der Waals surface area contributed by atoms with Crippen molar-refractivity contribution in [2.45, 2.75) is 44.3 Å². The van der Waals surface area contributed by atoms with Gasteiger partial charge in [0.2, 0.25) is 0 Å². The quantitative estimate of drug-likeness (QED) is 0.426. The molecular formula is C20H26F3N5O. The van der Waals surface area contributed by atoms with Gasteiger partial charge in [-0.15, -0.1) is 0 Å². The van der Waals surface area contributed by atoms with E-state index in [9.17, 15) is 13.2 Å². The summed E-state index contributed by atoms with van der Waals surface area (Å²) in [6, 6.07) is 3.74. The van der Waals surface area contributed by atoms with Crippen molar-refractivity contribution in [2.24, 2.45) is 10.9 Å². The molecule has 1 saturated carbocycles. The number of ether oxygens (including phenoxy) is 1. The normalized spacial score (nSPS) is 15.6. The summed E-state index contributed by atoms with van der Waals surface area (Å²) in [4.78, 5) is 8.18. The van der Waals surface area contributed by atoms with Crippen molar-refractivity contribution in [3.63, 3.8) is 0 Å². The first kappa shape index (κ1) is 22.6. The smallest absolute Gasteiger partial charge is 0.154 e. The molecule has 1 atom stereocenters. The number of halogens is 3. The number of aromatic nitrogens is 2. The molecule has 3 rings (SSSR count). The standard InChI is InChI=1S/C11H17N5.C9H9F3O/c12-15-7-9-6-13-8-14-11(9)16-10-4-2-1-3-5-10;1-13-5-8(12)9-6(10)3-2-4-7(9)11/h6-8,10H,1-5,12H2,(H,13,14,16);2-4,8H,5H2,1H3/b15-7-;. The lowest BCUT2D eigenvalue weighted by Crippen LogP contribution is -2.23. The van der Waals surface area contributed by atoms with E-state index in [2.05, 4.69) is 25.1 Å². The van der Waals surface area contributed by atoms with Crippen LogP contribution in [0.5, 0.6) is 0 Å². The molecule has 0 aliphatic heterocycles. The van der Waals surface area contributed by atoms with Gasteiger partial charge in [-0.1, -0.05) is 25.3 Å². The van der Waals surface area contributed by atoms with E-state index in [0.29, 0.717) is 6.04 Å². The summed E-state index contributed by atoms with van der Waals surface area (Å²) < 4.78 is 43.3. The highest BCUT2D eigenvalue weighted by molar-refractivity contribution is 5.85. The maximum absolute atomic E-state index is 13.1. The molecule has 158 valence electrons. The summed E-state index contributed by atoms with van der Waals surface area (Å²) >= 11 is 0. The fourth-order valence-electron chi connectivity index (χ4n) is 3.12. The fraction of sp³-hybridized carbons (Fsp3) is 0.450. The van der Waals surface area contributed by atoms with Gasteiger partial charge in [0.15, 0.2) is 6.17 Å². The maximum atomic E-state index is 13.1. The minimum Gasteiger partial charge on any atom is -0.381 e. The highest BCUT2D eigenvalue weighted by Gasteiger charge is 2.18. The molecule has 1 aliphatic carbocycles. The number of methoxy groups -OCH3 is 1. The molecule has 0 saturated heterocycles. The van der Waals surface area contributed by atoms with Crippen molar-refractivity contribution in [1.82, 2.24) is 9.97 Å². The van der Waals surface area contributed by atoms with Gasteiger partial charge in [0.25, 0.3) is 0 Å². The Balaban J connectivity index is 0.000000212. The van der Waals surface area contributed by atoms with Gasteiger partial charge in [-0.2, -0.15) is 5.10 Å². The molecular weight excluding hydrogens is 383 g/mol. The Hall–Kier alpha value is -2.68. The SMILES string of the molecule is COCC(F)c1c(F)cccc1F.N/N=C\c1cncnc1NC1CCCCC1. The number of nitrogens with zero attached hydrogens (tertiary/aromatic N) is 3. The van der Waals surface area contributed by atoms with Gasteiger partial charge < -0.3 is 15.9 Å². The maximum Gasteiger partial charge on any atom is 0.154 e. The summed E-state index contributed by atoms with van der Waals surface area (Å²) in [5.74, 6) is 4.21. The van der Waals surface area contributed by atoms with Crippen LogP contribution in [-0.4, -0.2) is 35.9 Å². The first-order valence-corrected chi connectivity index (χ1v) is 9.43. The highest BCUT2D eigenvalue weighted by Crippen LogP contribution is 2.24. The number of anilines is 1. The average molecular weight is 409 g/mol. The van der Waals surface area contributed by atoms with Crippen molar-refractivity contribution >= 4 is 12.0 Å². The minimum atomic E-state index is -1.76. The molecule has 1 aromatic carbocycles. The lowest BCUT2D eigenvalue weighted by Gasteiger charge is -2.23. The van der Waals surface area contributed by atoms with E-state index < -0.39 is 23.4 Å². The predicted octanol–water partition coefficient (Wildman–Crippen LogP) is 4.14. The van der Waals surface area contributed by atoms with Crippen LogP contribution in [0.25, 0.3) is 0 Å². The first-order chi connectivity index (χ1) is 14.1. The van der Waals surface area contributed by atoms with Gasteiger partial charge in [-0.25, -0.2) is 23.1 Å². The number of benzene rings is 1. The van der Waals surface area contributed by atoms with Gasteiger partial charge >= 0.3 is 0 Å². The lowest BCUT2D eigenvalue weighted by atomic mass is 9.95. The number of alkyl halides is 1. The second kappa shape index (κ2) is 12.0. The van der Waals surface area contributed by atoms with Crippen LogP contribution in [0.3, 0.4) is 0 Å². The number of rotatable bonds is 6. The molecule has 0 bridgehead atoms. The second-order valence-electron chi connectivity index (χ2n) is 6.64. The summed E-state index contributed by atoms with van der Waals surface area (Å²) in [7, 11) is 1.27. The first-order valence-electron chi connectivity index (χ1n) is 9.43. The zero-order valence-corrected chi connectivity index (χ0v) is 16.3. The van der Waals surface area contributed by atoms with Crippen LogP contribution in [0.15, 0.2) is 35.8 Å². The van der Waals surface area contributed by atoms with Crippen molar-refractivity contribution < 1.29 is 17.9 Å². The molecule has 29 heavy (non-hydrogen) atoms. The number of hydrogen-bond donors (Lipinski definition) is 2. The molecule has 6 nitrogen and oxygen atoms in total. The van der Waals surface area contributed by atoms with Gasteiger partial charge in [-0.3, -0.25) is 0 Å². The van der Waals surface area contributed by atoms with E-state index in [0.717, 1.165) is 23.5 Å². The predicted molar refractivity (Wildman–Crippen MR) is 106 cm³/mol. The molecule has 2 aromatic rings. The van der Waals surface area contributed by atoms with E-state index in [1.807, 2.05) is 0 Å². The van der Waals surface area contributed by atoms with Crippen LogP contribution in [0.2, 0.25) is 0 Å². The minimum absolute atomic E-state index is 0.349. The van der Waals surface area contributed by atoms with Crippen LogP contribution in [0, 0.1) is 11.6 Å². The molecule has 1 aliphatic rings. The molecule has 1 aromatic heterocycles. The van der Waals surface area contributed by atoms with E-state index >= 15 is 0 Å². The monoisotopic (exact) mass is 409 g/mol. The average Bonchev–Trinajstić information content (AvgIpc) is 2.71. The molecule has 3 N–H and O–H groups in total. The van der Waals surface area contributed by atoms with Crippen molar-refractivity contribution in [3.8, 4) is 0 Å². The molecule has 1 unspecified atom stereocenters. The third-order valence-corrected chi connectivity index (χ3v) is 4.53. The van der Waals surface area contributed by atoms with Crippen molar-refractivity contribution in [3.05, 3.63) is 53.5 Å². The largest absolute Gasteiger partial charge is 0.381 e. The van der Waals surface area contributed by atoms with Gasteiger partial charge in [-0.05, 0) is 25.0 Å². The Bertz CT molecular complexity index is 764. The second-order valence-corrected chi connectivity index (χ2v) is 6.64. The van der Waals surface area contributed by atoms with Crippen LogP contribution in [0.1, 0.15) is 49.4 Å². The van der Waals surface area contributed by atoms with E-state index in [-0.39, 0.29) is 6.61 Å². The fourth-order valence-corrected chi connectivity index (χ4v) is 3.12. The molecule has 9 heteroatoms. The molecule has 0 spiro atoms. The Morgan fingerprint density at radius 3 is 2.59 bits per heavy atom. The van der Waals surface area contributed by atoms with Crippen LogP contribution in [-0.2, 0) is 4.74 Å². The zero-order chi connectivity index (χ0) is 21.1. The van der Waals surface area contributed by atoms with Gasteiger partial charge in [0, 0.05) is 19.3 Å². The summed E-state index contributed by atoms with van der Waals surface area (Å²) in [6.45, 7) is -0.349. The van der Waals surface area contributed by atoms with Crippen LogP contribution >= 0.6 is 0 Å². The Labute approximate surface area is 168 Å². The van der Waals surface area contributed by atoms with Crippen molar-refractivity contribution in [1.29, 1.82) is 0 Å². The van der Waals surface area contributed by atoms with E-state index in [4.69, 9.17) is 5.84 Å². The zero-order valence-electron chi connectivity index (χ0n) is 16.3. The summed E-state index contributed by atoms with van der Waals surface area (Å²) in [6.07, 6.45) is 9.43. The molecule has 0 radical (unpaired) electrons.